The lowest BCUT2D eigenvalue weighted by atomic mass is 10.0. The van der Waals surface area contributed by atoms with E-state index in [4.69, 9.17) is 14.4 Å². The number of ether oxygens (including phenoxy) is 1. The van der Waals surface area contributed by atoms with E-state index in [9.17, 15) is 9.59 Å². The second kappa shape index (κ2) is 10.8. The summed E-state index contributed by atoms with van der Waals surface area (Å²) in [6, 6.07) is 6.88. The first-order valence-corrected chi connectivity index (χ1v) is 7.38. The van der Waals surface area contributed by atoms with Crippen LogP contribution in [0.4, 0.5) is 0 Å². The Morgan fingerprint density at radius 3 is 2.36 bits per heavy atom. The summed E-state index contributed by atoms with van der Waals surface area (Å²) in [6.07, 6.45) is 0.382. The van der Waals surface area contributed by atoms with Gasteiger partial charge in [-0.1, -0.05) is 41.5 Å². The Bertz CT molecular complexity index is 657. The van der Waals surface area contributed by atoms with E-state index in [2.05, 4.69) is 20.6 Å². The van der Waals surface area contributed by atoms with Crippen molar-refractivity contribution in [3.8, 4) is 0 Å². The molecule has 0 aliphatic rings. The number of hydrogen-bond acceptors (Lipinski definition) is 8. The maximum absolute atomic E-state index is 11.9. The molecule has 0 aliphatic heterocycles. The van der Waals surface area contributed by atoms with Crippen molar-refractivity contribution in [2.75, 3.05) is 21.3 Å². The quantitative estimate of drug-likeness (QED) is 0.406. The summed E-state index contributed by atoms with van der Waals surface area (Å²) < 4.78 is 4.70. The van der Waals surface area contributed by atoms with E-state index in [0.29, 0.717) is 17.5 Å². The van der Waals surface area contributed by atoms with Crippen LogP contribution in [0, 0.1) is 0 Å². The first-order chi connectivity index (χ1) is 12.1. The van der Waals surface area contributed by atoms with Gasteiger partial charge in [-0.25, -0.2) is 10.3 Å². The highest BCUT2D eigenvalue weighted by Gasteiger charge is 2.19. The SMILES string of the molecule is CC/C(=N\OC)C(=O)NOCc1ccccc1/C(=N\OC)C(=O)OC. The molecule has 1 amide bonds. The molecule has 0 atom stereocenters. The third kappa shape index (κ3) is 5.88. The molecule has 0 fully saturated rings. The van der Waals surface area contributed by atoms with E-state index >= 15 is 0 Å². The number of amides is 1. The molecule has 1 aromatic rings. The zero-order chi connectivity index (χ0) is 18.7. The van der Waals surface area contributed by atoms with Gasteiger partial charge in [-0.05, 0) is 12.0 Å². The predicted molar refractivity (Wildman–Crippen MR) is 89.7 cm³/mol. The molecule has 136 valence electrons. The van der Waals surface area contributed by atoms with Gasteiger partial charge in [-0.3, -0.25) is 9.63 Å². The minimum atomic E-state index is -0.654. The highest BCUT2D eigenvalue weighted by molar-refractivity contribution is 6.43. The van der Waals surface area contributed by atoms with Gasteiger partial charge in [0.05, 0.1) is 7.11 Å². The third-order valence-corrected chi connectivity index (χ3v) is 3.02. The Morgan fingerprint density at radius 1 is 1.08 bits per heavy atom. The van der Waals surface area contributed by atoms with Gasteiger partial charge < -0.3 is 14.4 Å². The van der Waals surface area contributed by atoms with E-state index in [-0.39, 0.29) is 18.0 Å². The van der Waals surface area contributed by atoms with Crippen LogP contribution in [0.2, 0.25) is 0 Å². The van der Waals surface area contributed by atoms with Crippen LogP contribution in [0.15, 0.2) is 34.6 Å². The summed E-state index contributed by atoms with van der Waals surface area (Å²) in [4.78, 5) is 38.2. The lowest BCUT2D eigenvalue weighted by molar-refractivity contribution is -0.133. The molecule has 1 N–H and O–H groups in total. The molecule has 0 saturated carbocycles. The van der Waals surface area contributed by atoms with Gasteiger partial charge in [0.1, 0.15) is 26.5 Å². The molecule has 0 unspecified atom stereocenters. The van der Waals surface area contributed by atoms with Crippen molar-refractivity contribution in [2.24, 2.45) is 10.3 Å². The Balaban J connectivity index is 2.87. The zero-order valence-corrected chi connectivity index (χ0v) is 14.6. The Kier molecular flexibility index (Phi) is 8.66. The van der Waals surface area contributed by atoms with E-state index < -0.39 is 11.9 Å². The van der Waals surface area contributed by atoms with Crippen LogP contribution in [-0.4, -0.2) is 44.6 Å². The van der Waals surface area contributed by atoms with E-state index in [1.807, 2.05) is 0 Å². The monoisotopic (exact) mass is 351 g/mol. The maximum Gasteiger partial charge on any atom is 0.360 e. The average Bonchev–Trinajstić information content (AvgIpc) is 2.64. The number of carbonyl (C=O) groups excluding carboxylic acids is 2. The maximum atomic E-state index is 11.9. The van der Waals surface area contributed by atoms with Gasteiger partial charge in [0, 0.05) is 5.56 Å². The zero-order valence-electron chi connectivity index (χ0n) is 14.6. The fourth-order valence-corrected chi connectivity index (χ4v) is 1.88. The molecule has 0 saturated heterocycles. The molecule has 0 radical (unpaired) electrons. The predicted octanol–water partition coefficient (Wildman–Crippen LogP) is 1.17. The van der Waals surface area contributed by atoms with E-state index in [0.717, 1.165) is 0 Å². The summed E-state index contributed by atoms with van der Waals surface area (Å²) in [5.74, 6) is -1.17. The molecular weight excluding hydrogens is 330 g/mol. The number of oxime groups is 2. The molecule has 9 nitrogen and oxygen atoms in total. The van der Waals surface area contributed by atoms with Gasteiger partial charge >= 0.3 is 5.97 Å². The van der Waals surface area contributed by atoms with E-state index in [1.54, 1.807) is 31.2 Å². The summed E-state index contributed by atoms with van der Waals surface area (Å²) in [7, 11) is 3.92. The number of hydroxylamine groups is 1. The second-order valence-corrected chi connectivity index (χ2v) is 4.57. The van der Waals surface area contributed by atoms with Crippen molar-refractivity contribution in [1.82, 2.24) is 5.48 Å². The lowest BCUT2D eigenvalue weighted by Crippen LogP contribution is -2.31. The minimum absolute atomic E-state index is 0.00832. The largest absolute Gasteiger partial charge is 0.464 e. The third-order valence-electron chi connectivity index (χ3n) is 3.02. The molecule has 0 aromatic heterocycles. The van der Waals surface area contributed by atoms with Gasteiger partial charge in [0.15, 0.2) is 5.71 Å². The van der Waals surface area contributed by atoms with Crippen molar-refractivity contribution in [1.29, 1.82) is 0 Å². The Hall–Kier alpha value is -2.94. The van der Waals surface area contributed by atoms with Gasteiger partial charge in [-0.2, -0.15) is 0 Å². The van der Waals surface area contributed by atoms with Crippen LogP contribution in [0.3, 0.4) is 0 Å². The summed E-state index contributed by atoms with van der Waals surface area (Å²) in [6.45, 7) is 1.75. The van der Waals surface area contributed by atoms with Crippen LogP contribution in [-0.2, 0) is 35.4 Å². The van der Waals surface area contributed by atoms with Crippen LogP contribution in [0.5, 0.6) is 0 Å². The number of esters is 1. The normalized spacial score (nSPS) is 11.7. The van der Waals surface area contributed by atoms with Gasteiger partial charge in [0.25, 0.3) is 5.91 Å². The smallest absolute Gasteiger partial charge is 0.360 e. The van der Waals surface area contributed by atoms with Gasteiger partial charge in [-0.15, -0.1) is 0 Å². The summed E-state index contributed by atoms with van der Waals surface area (Å²) >= 11 is 0. The summed E-state index contributed by atoms with van der Waals surface area (Å²) in [5.41, 5.74) is 3.52. The van der Waals surface area contributed by atoms with Crippen LogP contribution in [0.25, 0.3) is 0 Å². The molecular formula is C16H21N3O6. The van der Waals surface area contributed by atoms with Crippen molar-refractivity contribution in [2.45, 2.75) is 20.0 Å². The van der Waals surface area contributed by atoms with Crippen molar-refractivity contribution >= 4 is 23.3 Å². The van der Waals surface area contributed by atoms with Gasteiger partial charge in [0.2, 0.25) is 0 Å². The lowest BCUT2D eigenvalue weighted by Gasteiger charge is -2.11. The molecule has 1 rings (SSSR count). The average molecular weight is 351 g/mol. The molecule has 1 aromatic carbocycles. The molecule has 0 spiro atoms. The van der Waals surface area contributed by atoms with Crippen LogP contribution in [0.1, 0.15) is 24.5 Å². The number of hydrogen-bond donors (Lipinski definition) is 1. The number of nitrogens with one attached hydrogen (secondary N) is 1. The topological polar surface area (TPSA) is 108 Å². The second-order valence-electron chi connectivity index (χ2n) is 4.57. The number of methoxy groups -OCH3 is 1. The number of carbonyl (C=O) groups is 2. The number of rotatable bonds is 9. The fourth-order valence-electron chi connectivity index (χ4n) is 1.88. The highest BCUT2D eigenvalue weighted by atomic mass is 16.7. The molecule has 0 heterocycles. The number of nitrogens with zero attached hydrogens (tertiary/aromatic N) is 2. The highest BCUT2D eigenvalue weighted by Crippen LogP contribution is 2.12. The van der Waals surface area contributed by atoms with Crippen molar-refractivity contribution < 1.29 is 28.8 Å². The van der Waals surface area contributed by atoms with Crippen LogP contribution < -0.4 is 5.48 Å². The Morgan fingerprint density at radius 2 is 1.76 bits per heavy atom. The standard InChI is InChI=1S/C16H21N3O6/c1-5-13(17-23-3)15(20)19-25-10-11-8-6-7-9-12(11)14(18-24-4)16(21)22-2/h6-9H,5,10H2,1-4H3,(H,19,20)/b17-13+,18-14+. The first-order valence-electron chi connectivity index (χ1n) is 7.38. The summed E-state index contributed by atoms with van der Waals surface area (Å²) in [5, 5.41) is 7.30. The minimum Gasteiger partial charge on any atom is -0.464 e. The first kappa shape index (κ1) is 20.1. The van der Waals surface area contributed by atoms with Crippen LogP contribution >= 0.6 is 0 Å². The molecule has 0 aliphatic carbocycles. The molecule has 9 heteroatoms. The van der Waals surface area contributed by atoms with Crippen molar-refractivity contribution in [3.63, 3.8) is 0 Å². The Labute approximate surface area is 145 Å². The molecule has 25 heavy (non-hydrogen) atoms. The van der Waals surface area contributed by atoms with Crippen molar-refractivity contribution in [3.05, 3.63) is 35.4 Å². The number of benzene rings is 1. The molecule has 0 bridgehead atoms. The fraction of sp³-hybridized carbons (Fsp3) is 0.375. The van der Waals surface area contributed by atoms with E-state index in [1.165, 1.54) is 21.3 Å².